The van der Waals surface area contributed by atoms with Gasteiger partial charge in [-0.05, 0) is 62.3 Å². The van der Waals surface area contributed by atoms with Crippen LogP contribution in [0, 0.1) is 5.41 Å². The van der Waals surface area contributed by atoms with Gasteiger partial charge in [-0.2, -0.15) is 0 Å². The van der Waals surface area contributed by atoms with Crippen molar-refractivity contribution in [2.75, 3.05) is 7.05 Å². The summed E-state index contributed by atoms with van der Waals surface area (Å²) in [6, 6.07) is 0. The van der Waals surface area contributed by atoms with Crippen molar-refractivity contribution in [3.8, 4) is 0 Å². The number of nitrogens with one attached hydrogen (secondary N) is 1. The summed E-state index contributed by atoms with van der Waals surface area (Å²) in [5.74, 6) is -0.747. The van der Waals surface area contributed by atoms with Crippen molar-refractivity contribution in [2.24, 2.45) is 0 Å². The highest BCUT2D eigenvalue weighted by molar-refractivity contribution is 6.10. The zero-order valence-electron chi connectivity index (χ0n) is 17.3. The van der Waals surface area contributed by atoms with Crippen molar-refractivity contribution in [1.82, 2.24) is 9.80 Å². The van der Waals surface area contributed by atoms with Gasteiger partial charge in [0.15, 0.2) is 0 Å². The van der Waals surface area contributed by atoms with E-state index < -0.39 is 41.0 Å². The van der Waals surface area contributed by atoms with E-state index >= 15 is 0 Å². The highest BCUT2D eigenvalue weighted by Crippen LogP contribution is 2.17. The second-order valence-corrected chi connectivity index (χ2v) is 8.66. The lowest BCUT2D eigenvalue weighted by molar-refractivity contribution is 0.0113. The lowest BCUT2D eigenvalue weighted by Crippen LogP contribution is -2.53. The molecule has 0 unspecified atom stereocenters. The fourth-order valence-electron chi connectivity index (χ4n) is 1.43. The third-order valence-corrected chi connectivity index (χ3v) is 2.35. The van der Waals surface area contributed by atoms with Crippen LogP contribution in [0.1, 0.15) is 62.3 Å². The zero-order valence-corrected chi connectivity index (χ0v) is 17.3. The van der Waals surface area contributed by atoms with Gasteiger partial charge in [-0.15, -0.1) is 4.90 Å². The number of guanidine groups is 1. The standard InChI is InChI=1S/C17H31N3O6/c1-15(2,3)24-12(21)19(10)11(18)20(13(22)25-16(4,5)6)14(23)26-17(7,8)9/h18H,1-10H3. The Balaban J connectivity index is 5.63. The molecule has 0 aliphatic carbocycles. The quantitative estimate of drug-likeness (QED) is 0.391. The lowest BCUT2D eigenvalue weighted by Gasteiger charge is -2.31. The predicted molar refractivity (Wildman–Crippen MR) is 96.0 cm³/mol. The highest BCUT2D eigenvalue weighted by Gasteiger charge is 2.38. The minimum absolute atomic E-state index is 0.348. The second-order valence-electron chi connectivity index (χ2n) is 8.66. The Morgan fingerprint density at radius 2 is 0.923 bits per heavy atom. The Labute approximate surface area is 155 Å². The summed E-state index contributed by atoms with van der Waals surface area (Å²) in [6.07, 6.45) is -3.17. The largest absolute Gasteiger partial charge is 0.443 e. The summed E-state index contributed by atoms with van der Waals surface area (Å²) in [7, 11) is 1.21. The molecule has 1 N–H and O–H groups in total. The minimum Gasteiger partial charge on any atom is -0.443 e. The maximum Gasteiger partial charge on any atom is 0.427 e. The summed E-state index contributed by atoms with van der Waals surface area (Å²) in [4.78, 5) is 38.1. The van der Waals surface area contributed by atoms with Crippen LogP contribution in [0.25, 0.3) is 0 Å². The van der Waals surface area contributed by atoms with E-state index in [0.29, 0.717) is 4.90 Å². The summed E-state index contributed by atoms with van der Waals surface area (Å²) in [5, 5.41) is 8.12. The van der Waals surface area contributed by atoms with Gasteiger partial charge in [0.2, 0.25) is 5.96 Å². The van der Waals surface area contributed by atoms with Gasteiger partial charge in [0.1, 0.15) is 16.8 Å². The van der Waals surface area contributed by atoms with Crippen LogP contribution < -0.4 is 0 Å². The third-order valence-electron chi connectivity index (χ3n) is 2.35. The Kier molecular flexibility index (Phi) is 7.22. The number of carbonyl (C=O) groups excluding carboxylic acids is 3. The van der Waals surface area contributed by atoms with Crippen molar-refractivity contribution in [2.45, 2.75) is 79.1 Å². The van der Waals surface area contributed by atoms with Gasteiger partial charge in [-0.3, -0.25) is 5.41 Å². The molecule has 26 heavy (non-hydrogen) atoms. The monoisotopic (exact) mass is 373 g/mol. The van der Waals surface area contributed by atoms with E-state index in [4.69, 9.17) is 19.6 Å². The zero-order chi connectivity index (χ0) is 21.1. The Morgan fingerprint density at radius 1 is 0.654 bits per heavy atom. The number of ether oxygens (including phenoxy) is 3. The molecule has 150 valence electrons. The molecule has 9 heteroatoms. The molecule has 0 aromatic carbocycles. The maximum atomic E-state index is 12.4. The van der Waals surface area contributed by atoms with Gasteiger partial charge in [0.25, 0.3) is 0 Å². The molecule has 0 aromatic rings. The van der Waals surface area contributed by atoms with Crippen LogP contribution in [0.5, 0.6) is 0 Å². The Morgan fingerprint density at radius 3 is 1.19 bits per heavy atom. The van der Waals surface area contributed by atoms with Crippen molar-refractivity contribution < 1.29 is 28.6 Å². The molecule has 0 aliphatic rings. The molecule has 9 nitrogen and oxygen atoms in total. The summed E-state index contributed by atoms with van der Waals surface area (Å²) in [6.45, 7) is 14.6. The van der Waals surface area contributed by atoms with Gasteiger partial charge in [0, 0.05) is 7.05 Å². The van der Waals surface area contributed by atoms with E-state index in [9.17, 15) is 14.4 Å². The van der Waals surface area contributed by atoms with Crippen LogP contribution in [0.2, 0.25) is 0 Å². The maximum absolute atomic E-state index is 12.4. The second kappa shape index (κ2) is 7.92. The molecule has 3 amide bonds. The molecule has 0 fully saturated rings. The van der Waals surface area contributed by atoms with E-state index in [1.54, 1.807) is 62.3 Å². The van der Waals surface area contributed by atoms with Gasteiger partial charge >= 0.3 is 18.3 Å². The minimum atomic E-state index is -1.13. The Bertz CT molecular complexity index is 539. The topological polar surface area (TPSA) is 109 Å². The Hall–Kier alpha value is -2.32. The van der Waals surface area contributed by atoms with Crippen molar-refractivity contribution in [3.05, 3.63) is 0 Å². The lowest BCUT2D eigenvalue weighted by atomic mass is 10.2. The van der Waals surface area contributed by atoms with Gasteiger partial charge in [0.05, 0.1) is 0 Å². The first-order valence-corrected chi connectivity index (χ1v) is 8.15. The SMILES string of the molecule is CN(C(=N)N(C(=O)OC(C)(C)C)C(=O)OC(C)(C)C)C(=O)OC(C)(C)C. The third kappa shape index (κ3) is 8.68. The number of imide groups is 1. The molecule has 0 spiro atoms. The first kappa shape index (κ1) is 23.7. The summed E-state index contributed by atoms with van der Waals surface area (Å²) >= 11 is 0. The number of nitrogens with zero attached hydrogens (tertiary/aromatic N) is 2. The average molecular weight is 373 g/mol. The van der Waals surface area contributed by atoms with Crippen LogP contribution in [0.15, 0.2) is 0 Å². The van der Waals surface area contributed by atoms with Gasteiger partial charge < -0.3 is 14.2 Å². The molecule has 0 heterocycles. The molecule has 0 saturated carbocycles. The van der Waals surface area contributed by atoms with Crippen LogP contribution in [-0.2, 0) is 14.2 Å². The number of rotatable bonds is 0. The molecular weight excluding hydrogens is 342 g/mol. The fraction of sp³-hybridized carbons (Fsp3) is 0.765. The number of amides is 3. The van der Waals surface area contributed by atoms with Crippen molar-refractivity contribution >= 4 is 24.2 Å². The molecule has 0 radical (unpaired) electrons. The van der Waals surface area contributed by atoms with E-state index in [1.807, 2.05) is 0 Å². The first-order valence-electron chi connectivity index (χ1n) is 8.15. The molecule has 0 saturated heterocycles. The molecule has 0 atom stereocenters. The van der Waals surface area contributed by atoms with E-state index in [-0.39, 0.29) is 0 Å². The van der Waals surface area contributed by atoms with E-state index in [0.717, 1.165) is 4.90 Å². The van der Waals surface area contributed by atoms with Gasteiger partial charge in [-0.25, -0.2) is 19.3 Å². The van der Waals surface area contributed by atoms with Crippen LogP contribution in [0.4, 0.5) is 14.4 Å². The fourth-order valence-corrected chi connectivity index (χ4v) is 1.43. The normalized spacial score (nSPS) is 12.1. The first-order chi connectivity index (χ1) is 11.3. The van der Waals surface area contributed by atoms with E-state index in [1.165, 1.54) is 7.05 Å². The number of carbonyl (C=O) groups is 3. The predicted octanol–water partition coefficient (Wildman–Crippen LogP) is 3.96. The highest BCUT2D eigenvalue weighted by atomic mass is 16.6. The van der Waals surface area contributed by atoms with Crippen LogP contribution >= 0.6 is 0 Å². The van der Waals surface area contributed by atoms with Crippen molar-refractivity contribution in [3.63, 3.8) is 0 Å². The van der Waals surface area contributed by atoms with Gasteiger partial charge in [-0.1, -0.05) is 0 Å². The summed E-state index contributed by atoms with van der Waals surface area (Å²) in [5.41, 5.74) is -2.64. The molecule has 0 aromatic heterocycles. The molecule has 0 rings (SSSR count). The van der Waals surface area contributed by atoms with Crippen LogP contribution in [0.3, 0.4) is 0 Å². The van der Waals surface area contributed by atoms with Crippen LogP contribution in [-0.4, -0.2) is 57.9 Å². The summed E-state index contributed by atoms with van der Waals surface area (Å²) < 4.78 is 15.5. The van der Waals surface area contributed by atoms with E-state index in [2.05, 4.69) is 0 Å². The molecular formula is C17H31N3O6. The smallest absolute Gasteiger partial charge is 0.427 e. The molecule has 0 aliphatic heterocycles. The average Bonchev–Trinajstić information content (AvgIpc) is 2.30. The van der Waals surface area contributed by atoms with Crippen molar-refractivity contribution in [1.29, 1.82) is 5.41 Å². The number of hydrogen-bond donors (Lipinski definition) is 1. The number of hydrogen-bond acceptors (Lipinski definition) is 7. The molecule has 0 bridgehead atoms.